The fraction of sp³-hybridized carbons (Fsp3) is 0.438. The summed E-state index contributed by atoms with van der Waals surface area (Å²) >= 11 is 0. The summed E-state index contributed by atoms with van der Waals surface area (Å²) in [5.41, 5.74) is -0.804. The molecule has 0 aliphatic carbocycles. The second-order valence-corrected chi connectivity index (χ2v) is 5.99. The monoisotopic (exact) mass is 337 g/mol. The van der Waals surface area contributed by atoms with Crippen LogP contribution >= 0.6 is 0 Å². The lowest BCUT2D eigenvalue weighted by Gasteiger charge is -2.28. The van der Waals surface area contributed by atoms with Crippen LogP contribution in [0.2, 0.25) is 0 Å². The van der Waals surface area contributed by atoms with Crippen LogP contribution in [0.15, 0.2) is 18.2 Å². The third-order valence-corrected chi connectivity index (χ3v) is 4.10. The van der Waals surface area contributed by atoms with Crippen LogP contribution in [-0.4, -0.2) is 41.6 Å². The highest BCUT2D eigenvalue weighted by Gasteiger charge is 2.29. The molecular weight excluding hydrogens is 317 g/mol. The Labute approximate surface area is 138 Å². The molecular formula is C16H20FN3O4. The molecule has 1 aliphatic heterocycles. The van der Waals surface area contributed by atoms with Crippen LogP contribution in [0.3, 0.4) is 0 Å². The lowest BCUT2D eigenvalue weighted by atomic mass is 9.94. The summed E-state index contributed by atoms with van der Waals surface area (Å²) in [5.74, 6) is -2.49. The molecule has 0 saturated carbocycles. The summed E-state index contributed by atoms with van der Waals surface area (Å²) in [6.07, 6.45) is 0.103. The number of carboxylic acids is 1. The summed E-state index contributed by atoms with van der Waals surface area (Å²) in [6, 6.07) is 3.54. The summed E-state index contributed by atoms with van der Waals surface area (Å²) < 4.78 is 14.0. The molecule has 2 rings (SSSR count). The Morgan fingerprint density at radius 2 is 2.17 bits per heavy atom. The number of rotatable bonds is 6. The zero-order chi connectivity index (χ0) is 17.9. The van der Waals surface area contributed by atoms with Gasteiger partial charge in [0.15, 0.2) is 0 Å². The zero-order valence-electron chi connectivity index (χ0n) is 13.6. The highest BCUT2D eigenvalue weighted by Crippen LogP contribution is 2.22. The van der Waals surface area contributed by atoms with Gasteiger partial charge in [0.25, 0.3) is 5.91 Å². The fourth-order valence-electron chi connectivity index (χ4n) is 2.51. The van der Waals surface area contributed by atoms with E-state index in [1.54, 1.807) is 13.8 Å². The SMILES string of the molecule is CCC(C)(CC(=O)O)NC(=O)c1cc(N2CCNC2=O)ccc1F. The lowest BCUT2D eigenvalue weighted by Crippen LogP contribution is -2.47. The Kier molecular flexibility index (Phi) is 5.06. The first-order valence-corrected chi connectivity index (χ1v) is 7.65. The fourth-order valence-corrected chi connectivity index (χ4v) is 2.51. The molecule has 3 N–H and O–H groups in total. The van der Waals surface area contributed by atoms with E-state index in [0.29, 0.717) is 25.2 Å². The van der Waals surface area contributed by atoms with E-state index < -0.39 is 23.2 Å². The van der Waals surface area contributed by atoms with Crippen LogP contribution in [0.4, 0.5) is 14.9 Å². The predicted octanol–water partition coefficient (Wildman–Crippen LogP) is 1.73. The molecule has 24 heavy (non-hydrogen) atoms. The number of hydrogen-bond acceptors (Lipinski definition) is 3. The van der Waals surface area contributed by atoms with Crippen molar-refractivity contribution in [3.8, 4) is 0 Å². The zero-order valence-corrected chi connectivity index (χ0v) is 13.6. The molecule has 1 aliphatic rings. The summed E-state index contributed by atoms with van der Waals surface area (Å²) in [5, 5.41) is 14.2. The number of carboxylic acid groups (broad SMARTS) is 1. The van der Waals surface area contributed by atoms with Gasteiger partial charge in [-0.15, -0.1) is 0 Å². The van der Waals surface area contributed by atoms with E-state index in [9.17, 15) is 18.8 Å². The first-order chi connectivity index (χ1) is 11.3. The van der Waals surface area contributed by atoms with E-state index in [1.807, 2.05) is 0 Å². The van der Waals surface area contributed by atoms with E-state index in [0.717, 1.165) is 6.07 Å². The first kappa shape index (κ1) is 17.7. The van der Waals surface area contributed by atoms with Gasteiger partial charge in [0.05, 0.1) is 12.0 Å². The van der Waals surface area contributed by atoms with Crippen molar-refractivity contribution < 1.29 is 23.9 Å². The molecule has 8 heteroatoms. The molecule has 3 amide bonds. The number of carbonyl (C=O) groups is 3. The van der Waals surface area contributed by atoms with E-state index in [1.165, 1.54) is 17.0 Å². The van der Waals surface area contributed by atoms with Crippen molar-refractivity contribution in [1.82, 2.24) is 10.6 Å². The number of halogens is 1. The number of hydrogen-bond donors (Lipinski definition) is 3. The third-order valence-electron chi connectivity index (χ3n) is 4.10. The van der Waals surface area contributed by atoms with Crippen molar-refractivity contribution in [2.24, 2.45) is 0 Å². The van der Waals surface area contributed by atoms with Crippen molar-refractivity contribution in [3.05, 3.63) is 29.6 Å². The summed E-state index contributed by atoms with van der Waals surface area (Å²) in [7, 11) is 0. The van der Waals surface area contributed by atoms with E-state index in [-0.39, 0.29) is 18.0 Å². The van der Waals surface area contributed by atoms with Gasteiger partial charge in [0, 0.05) is 24.3 Å². The highest BCUT2D eigenvalue weighted by molar-refractivity contribution is 5.99. The molecule has 1 fully saturated rings. The number of amides is 3. The van der Waals surface area contributed by atoms with Gasteiger partial charge in [-0.25, -0.2) is 9.18 Å². The Bertz CT molecular complexity index is 679. The maximum Gasteiger partial charge on any atom is 0.321 e. The smallest absolute Gasteiger partial charge is 0.321 e. The van der Waals surface area contributed by atoms with Crippen LogP contribution in [0.5, 0.6) is 0 Å². The normalized spacial score (nSPS) is 16.5. The number of urea groups is 1. The largest absolute Gasteiger partial charge is 0.481 e. The molecule has 1 unspecified atom stereocenters. The molecule has 7 nitrogen and oxygen atoms in total. The molecule has 1 atom stereocenters. The Morgan fingerprint density at radius 3 is 2.71 bits per heavy atom. The standard InChI is InChI=1S/C16H20FN3O4/c1-3-16(2,9-13(21)22)19-14(23)11-8-10(4-5-12(11)17)20-7-6-18-15(20)24/h4-5,8H,3,6-7,9H2,1-2H3,(H,18,24)(H,19,23)(H,21,22). The minimum Gasteiger partial charge on any atom is -0.481 e. The average molecular weight is 337 g/mol. The summed E-state index contributed by atoms with van der Waals surface area (Å²) in [4.78, 5) is 36.5. The number of nitrogens with zero attached hydrogens (tertiary/aromatic N) is 1. The Hall–Kier alpha value is -2.64. The van der Waals surface area contributed by atoms with Gasteiger partial charge in [-0.05, 0) is 31.5 Å². The van der Waals surface area contributed by atoms with Crippen molar-refractivity contribution >= 4 is 23.6 Å². The summed E-state index contributed by atoms with van der Waals surface area (Å²) in [6.45, 7) is 4.24. The molecule has 130 valence electrons. The number of benzene rings is 1. The Balaban J connectivity index is 2.25. The van der Waals surface area contributed by atoms with Gasteiger partial charge in [-0.3, -0.25) is 14.5 Å². The van der Waals surface area contributed by atoms with Crippen molar-refractivity contribution in [2.45, 2.75) is 32.2 Å². The van der Waals surface area contributed by atoms with E-state index in [4.69, 9.17) is 5.11 Å². The number of anilines is 1. The average Bonchev–Trinajstić information content (AvgIpc) is 2.93. The van der Waals surface area contributed by atoms with Crippen molar-refractivity contribution in [3.63, 3.8) is 0 Å². The maximum atomic E-state index is 14.0. The quantitative estimate of drug-likeness (QED) is 0.736. The first-order valence-electron chi connectivity index (χ1n) is 7.65. The van der Waals surface area contributed by atoms with Crippen LogP contribution in [0.1, 0.15) is 37.0 Å². The molecule has 1 saturated heterocycles. The predicted molar refractivity (Wildman–Crippen MR) is 85.6 cm³/mol. The molecule has 0 spiro atoms. The van der Waals surface area contributed by atoms with E-state index in [2.05, 4.69) is 10.6 Å². The third kappa shape index (κ3) is 3.81. The minimum absolute atomic E-state index is 0.225. The van der Waals surface area contributed by atoms with Gasteiger partial charge >= 0.3 is 12.0 Å². The highest BCUT2D eigenvalue weighted by atomic mass is 19.1. The van der Waals surface area contributed by atoms with Crippen LogP contribution in [0, 0.1) is 5.82 Å². The van der Waals surface area contributed by atoms with Gasteiger partial charge < -0.3 is 15.7 Å². The van der Waals surface area contributed by atoms with Gasteiger partial charge in [-0.2, -0.15) is 0 Å². The Morgan fingerprint density at radius 1 is 1.46 bits per heavy atom. The van der Waals surface area contributed by atoms with Crippen molar-refractivity contribution in [2.75, 3.05) is 18.0 Å². The van der Waals surface area contributed by atoms with Crippen LogP contribution < -0.4 is 15.5 Å². The van der Waals surface area contributed by atoms with Gasteiger partial charge in [-0.1, -0.05) is 6.92 Å². The molecule has 0 aromatic heterocycles. The molecule has 1 aromatic rings. The number of aliphatic carboxylic acids is 1. The molecule has 1 heterocycles. The van der Waals surface area contributed by atoms with Crippen molar-refractivity contribution in [1.29, 1.82) is 0 Å². The molecule has 1 aromatic carbocycles. The van der Waals surface area contributed by atoms with E-state index >= 15 is 0 Å². The number of carbonyl (C=O) groups excluding carboxylic acids is 2. The maximum absolute atomic E-state index is 14.0. The van der Waals surface area contributed by atoms with Gasteiger partial charge in [0.2, 0.25) is 0 Å². The lowest BCUT2D eigenvalue weighted by molar-refractivity contribution is -0.138. The number of nitrogens with one attached hydrogen (secondary N) is 2. The second kappa shape index (κ2) is 6.86. The van der Waals surface area contributed by atoms with Crippen LogP contribution in [0.25, 0.3) is 0 Å². The van der Waals surface area contributed by atoms with Gasteiger partial charge in [0.1, 0.15) is 5.82 Å². The molecule has 0 radical (unpaired) electrons. The van der Waals surface area contributed by atoms with Crippen LogP contribution in [-0.2, 0) is 4.79 Å². The minimum atomic E-state index is -1.05. The molecule has 0 bridgehead atoms. The second-order valence-electron chi connectivity index (χ2n) is 5.99. The topological polar surface area (TPSA) is 98.7 Å².